The lowest BCUT2D eigenvalue weighted by atomic mass is 10.2. The van der Waals surface area contributed by atoms with Gasteiger partial charge >= 0.3 is 11.9 Å². The number of rotatable bonds is 5. The summed E-state index contributed by atoms with van der Waals surface area (Å²) in [4.78, 5) is 22.0. The molecule has 3 aromatic rings. The van der Waals surface area contributed by atoms with E-state index in [-0.39, 0.29) is 27.5 Å². The Labute approximate surface area is 181 Å². The highest BCUT2D eigenvalue weighted by atomic mass is 35.5. The molecule has 0 amide bonds. The summed E-state index contributed by atoms with van der Waals surface area (Å²) < 4.78 is 38.3. The predicted octanol–water partition coefficient (Wildman–Crippen LogP) is 6.25. The molecule has 0 spiro atoms. The summed E-state index contributed by atoms with van der Waals surface area (Å²) in [5, 5.41) is 16.9. The van der Waals surface area contributed by atoms with Crippen LogP contribution >= 0.6 is 34.8 Å². The second kappa shape index (κ2) is 8.46. The summed E-state index contributed by atoms with van der Waals surface area (Å²) in [6.45, 7) is 0. The maximum Gasteiger partial charge on any atom is 0.417 e. The lowest BCUT2D eigenvalue weighted by Gasteiger charge is -2.12. The Morgan fingerprint density at radius 2 is 1.50 bits per heavy atom. The summed E-state index contributed by atoms with van der Waals surface area (Å²) in [5.74, 6) is -0.832. The van der Waals surface area contributed by atoms with Crippen LogP contribution in [0.3, 0.4) is 0 Å². The van der Waals surface area contributed by atoms with Gasteiger partial charge in [0, 0.05) is 21.9 Å². The first-order valence-corrected chi connectivity index (χ1v) is 8.90. The number of alkyl halides is 3. The molecule has 14 heteroatoms. The molecule has 30 heavy (non-hydrogen) atoms. The van der Waals surface area contributed by atoms with Crippen molar-refractivity contribution in [1.29, 1.82) is 0 Å². The molecule has 0 radical (unpaired) electrons. The van der Waals surface area contributed by atoms with E-state index in [0.29, 0.717) is 18.0 Å². The molecule has 0 aliphatic carbocycles. The van der Waals surface area contributed by atoms with Gasteiger partial charge < -0.3 is 10.6 Å². The van der Waals surface area contributed by atoms with Crippen LogP contribution in [-0.4, -0.2) is 19.9 Å². The van der Waals surface area contributed by atoms with Crippen LogP contribution in [0.1, 0.15) is 5.56 Å². The number of hydrogen-bond acceptors (Lipinski definition) is 7. The van der Waals surface area contributed by atoms with Gasteiger partial charge in [0.15, 0.2) is 5.82 Å². The first-order chi connectivity index (χ1) is 14.0. The zero-order chi connectivity index (χ0) is 22.1. The van der Waals surface area contributed by atoms with E-state index in [1.54, 1.807) is 0 Å². The molecule has 0 saturated heterocycles. The molecule has 0 saturated carbocycles. The largest absolute Gasteiger partial charge is 0.417 e. The van der Waals surface area contributed by atoms with Gasteiger partial charge in [-0.1, -0.05) is 34.8 Å². The standard InChI is InChI=1S/C16H8Cl3F3N6O2/c17-8-2-9(18)4-10(3-8)26-14-12(28(29)30)15(25-6-24-14)27-13-11(19)1-7(5-23-13)16(20,21)22/h1-6H,(H2,23,24,25,26,27). The minimum atomic E-state index is -4.65. The van der Waals surface area contributed by atoms with Crippen molar-refractivity contribution in [3.63, 3.8) is 0 Å². The topological polar surface area (TPSA) is 106 Å². The minimum Gasteiger partial charge on any atom is -0.334 e. The number of halogens is 6. The third-order valence-electron chi connectivity index (χ3n) is 3.54. The fraction of sp³-hybridized carbons (Fsp3) is 0.0625. The highest BCUT2D eigenvalue weighted by Crippen LogP contribution is 2.37. The van der Waals surface area contributed by atoms with Crippen LogP contribution in [-0.2, 0) is 6.18 Å². The summed E-state index contributed by atoms with van der Waals surface area (Å²) >= 11 is 17.7. The van der Waals surface area contributed by atoms with Crippen LogP contribution in [0, 0.1) is 10.1 Å². The van der Waals surface area contributed by atoms with Crippen LogP contribution in [0.2, 0.25) is 15.1 Å². The van der Waals surface area contributed by atoms with E-state index in [4.69, 9.17) is 34.8 Å². The first kappa shape index (κ1) is 21.8. The number of nitrogens with one attached hydrogen (secondary N) is 2. The van der Waals surface area contributed by atoms with Gasteiger partial charge in [-0.05, 0) is 24.3 Å². The van der Waals surface area contributed by atoms with Crippen molar-refractivity contribution in [2.24, 2.45) is 0 Å². The van der Waals surface area contributed by atoms with E-state index in [2.05, 4.69) is 25.6 Å². The third kappa shape index (κ3) is 4.99. The van der Waals surface area contributed by atoms with Crippen LogP contribution in [0.25, 0.3) is 0 Å². The van der Waals surface area contributed by atoms with Gasteiger partial charge in [-0.2, -0.15) is 13.2 Å². The maximum atomic E-state index is 12.8. The number of nitrogens with zero attached hydrogens (tertiary/aromatic N) is 4. The first-order valence-electron chi connectivity index (χ1n) is 7.77. The van der Waals surface area contributed by atoms with Gasteiger partial charge in [-0.3, -0.25) is 10.1 Å². The lowest BCUT2D eigenvalue weighted by Crippen LogP contribution is -2.08. The quantitative estimate of drug-likeness (QED) is 0.329. The lowest BCUT2D eigenvalue weighted by molar-refractivity contribution is -0.383. The number of benzene rings is 1. The van der Waals surface area contributed by atoms with Crippen molar-refractivity contribution in [2.75, 3.05) is 10.6 Å². The molecule has 0 aliphatic heterocycles. The van der Waals surface area contributed by atoms with Gasteiger partial charge in [-0.15, -0.1) is 0 Å². The summed E-state index contributed by atoms with van der Waals surface area (Å²) in [6, 6.07) is 5.02. The van der Waals surface area contributed by atoms with Crippen LogP contribution < -0.4 is 10.6 Å². The highest BCUT2D eigenvalue weighted by molar-refractivity contribution is 6.35. The zero-order valence-corrected chi connectivity index (χ0v) is 16.6. The highest BCUT2D eigenvalue weighted by Gasteiger charge is 2.32. The van der Waals surface area contributed by atoms with Crippen molar-refractivity contribution in [2.45, 2.75) is 6.18 Å². The van der Waals surface area contributed by atoms with Gasteiger partial charge in [0.25, 0.3) is 0 Å². The predicted molar refractivity (Wildman–Crippen MR) is 106 cm³/mol. The SMILES string of the molecule is O=[N+]([O-])c1c(Nc2cc(Cl)cc(Cl)c2)ncnc1Nc1ncc(C(F)(F)F)cc1Cl. The smallest absolute Gasteiger partial charge is 0.334 e. The molecule has 0 aliphatic rings. The number of nitro groups is 1. The second-order valence-electron chi connectivity index (χ2n) is 5.64. The molecule has 156 valence electrons. The third-order valence-corrected chi connectivity index (χ3v) is 4.26. The maximum absolute atomic E-state index is 12.8. The van der Waals surface area contributed by atoms with Crippen molar-refractivity contribution < 1.29 is 18.1 Å². The Balaban J connectivity index is 1.98. The van der Waals surface area contributed by atoms with E-state index < -0.39 is 27.4 Å². The van der Waals surface area contributed by atoms with E-state index in [9.17, 15) is 23.3 Å². The van der Waals surface area contributed by atoms with Crippen molar-refractivity contribution in [3.05, 3.63) is 67.5 Å². The summed E-state index contributed by atoms with van der Waals surface area (Å²) in [7, 11) is 0. The summed E-state index contributed by atoms with van der Waals surface area (Å²) in [5.41, 5.74) is -1.37. The van der Waals surface area contributed by atoms with E-state index >= 15 is 0 Å². The van der Waals surface area contributed by atoms with Crippen molar-refractivity contribution in [1.82, 2.24) is 15.0 Å². The molecule has 2 heterocycles. The molecular formula is C16H8Cl3F3N6O2. The van der Waals surface area contributed by atoms with Crippen LogP contribution in [0.5, 0.6) is 0 Å². The van der Waals surface area contributed by atoms with Gasteiger partial charge in [0.2, 0.25) is 11.6 Å². The molecule has 0 unspecified atom stereocenters. The second-order valence-corrected chi connectivity index (χ2v) is 6.92. The number of aromatic nitrogens is 3. The minimum absolute atomic E-state index is 0.223. The summed E-state index contributed by atoms with van der Waals surface area (Å²) in [6.07, 6.45) is -3.11. The fourth-order valence-corrected chi connectivity index (χ4v) is 3.03. The molecule has 1 aromatic carbocycles. The van der Waals surface area contributed by atoms with Crippen LogP contribution in [0.4, 0.5) is 42.0 Å². The Bertz CT molecular complexity index is 1110. The van der Waals surface area contributed by atoms with Crippen molar-refractivity contribution >= 4 is 63.6 Å². The Morgan fingerprint density at radius 1 is 0.900 bits per heavy atom. The Hall–Kier alpha value is -2.89. The molecular weight excluding hydrogens is 472 g/mol. The molecule has 3 rings (SSSR count). The molecule has 0 fully saturated rings. The number of hydrogen-bond donors (Lipinski definition) is 2. The molecule has 2 aromatic heterocycles. The van der Waals surface area contributed by atoms with Gasteiger partial charge in [0.05, 0.1) is 15.5 Å². The normalized spacial score (nSPS) is 11.3. The molecule has 8 nitrogen and oxygen atoms in total. The van der Waals surface area contributed by atoms with Gasteiger partial charge in [-0.25, -0.2) is 15.0 Å². The van der Waals surface area contributed by atoms with Gasteiger partial charge in [0.1, 0.15) is 6.33 Å². The Kier molecular flexibility index (Phi) is 6.15. The zero-order valence-electron chi connectivity index (χ0n) is 14.3. The average molecular weight is 480 g/mol. The van der Waals surface area contributed by atoms with E-state index in [1.165, 1.54) is 18.2 Å². The Morgan fingerprint density at radius 3 is 2.03 bits per heavy atom. The fourth-order valence-electron chi connectivity index (χ4n) is 2.29. The van der Waals surface area contributed by atoms with E-state index in [0.717, 1.165) is 6.33 Å². The monoisotopic (exact) mass is 478 g/mol. The number of anilines is 4. The van der Waals surface area contributed by atoms with Crippen LogP contribution in [0.15, 0.2) is 36.8 Å². The van der Waals surface area contributed by atoms with Crippen molar-refractivity contribution in [3.8, 4) is 0 Å². The molecule has 0 atom stereocenters. The molecule has 2 N–H and O–H groups in total. The average Bonchev–Trinajstić information content (AvgIpc) is 2.61. The number of pyridine rings is 1. The molecule has 0 bridgehead atoms. The van der Waals surface area contributed by atoms with E-state index in [1.807, 2.05) is 0 Å².